The SMILES string of the molecule is Cc1cscc1C(=O)c1cccc2c1OCCC2. The zero-order chi connectivity index (χ0) is 12.5. The van der Waals surface area contributed by atoms with Crippen LogP contribution in [0.3, 0.4) is 0 Å². The number of hydrogen-bond donors (Lipinski definition) is 0. The molecule has 3 heteroatoms. The summed E-state index contributed by atoms with van der Waals surface area (Å²) in [5.41, 5.74) is 3.69. The van der Waals surface area contributed by atoms with E-state index in [0.29, 0.717) is 12.2 Å². The van der Waals surface area contributed by atoms with E-state index in [2.05, 4.69) is 0 Å². The Kier molecular flexibility index (Phi) is 2.92. The van der Waals surface area contributed by atoms with Crippen LogP contribution in [-0.4, -0.2) is 12.4 Å². The maximum absolute atomic E-state index is 12.5. The van der Waals surface area contributed by atoms with Gasteiger partial charge in [0.25, 0.3) is 0 Å². The second-order valence-corrected chi connectivity index (χ2v) is 5.29. The van der Waals surface area contributed by atoms with Crippen LogP contribution in [0.15, 0.2) is 29.0 Å². The van der Waals surface area contributed by atoms with Gasteiger partial charge >= 0.3 is 0 Å². The van der Waals surface area contributed by atoms with Crippen molar-refractivity contribution in [3.8, 4) is 5.75 Å². The van der Waals surface area contributed by atoms with Crippen molar-refractivity contribution in [1.82, 2.24) is 0 Å². The van der Waals surface area contributed by atoms with Gasteiger partial charge in [0.1, 0.15) is 5.75 Å². The van der Waals surface area contributed by atoms with Crippen molar-refractivity contribution in [3.05, 3.63) is 51.2 Å². The van der Waals surface area contributed by atoms with Gasteiger partial charge in [-0.3, -0.25) is 4.79 Å². The van der Waals surface area contributed by atoms with Crippen LogP contribution in [0.5, 0.6) is 5.75 Å². The van der Waals surface area contributed by atoms with Crippen molar-refractivity contribution >= 4 is 17.1 Å². The minimum absolute atomic E-state index is 0.0764. The average molecular weight is 258 g/mol. The number of benzene rings is 1. The first-order valence-electron chi connectivity index (χ1n) is 6.09. The molecule has 0 amide bonds. The van der Waals surface area contributed by atoms with E-state index in [-0.39, 0.29) is 5.78 Å². The fraction of sp³-hybridized carbons (Fsp3) is 0.267. The number of fused-ring (bicyclic) bond motifs is 1. The first-order chi connectivity index (χ1) is 8.77. The first kappa shape index (κ1) is 11.5. The molecule has 2 aromatic rings. The van der Waals surface area contributed by atoms with Crippen LogP contribution in [0.4, 0.5) is 0 Å². The van der Waals surface area contributed by atoms with E-state index < -0.39 is 0 Å². The quantitative estimate of drug-likeness (QED) is 0.769. The molecule has 0 fully saturated rings. The number of carbonyl (C=O) groups is 1. The summed E-state index contributed by atoms with van der Waals surface area (Å²) in [7, 11) is 0. The van der Waals surface area contributed by atoms with Crippen molar-refractivity contribution in [2.45, 2.75) is 19.8 Å². The Morgan fingerprint density at radius 2 is 2.17 bits per heavy atom. The maximum Gasteiger partial charge on any atom is 0.197 e. The highest BCUT2D eigenvalue weighted by Crippen LogP contribution is 2.31. The summed E-state index contributed by atoms with van der Waals surface area (Å²) in [6, 6.07) is 5.86. The molecule has 18 heavy (non-hydrogen) atoms. The molecule has 0 radical (unpaired) electrons. The first-order valence-corrected chi connectivity index (χ1v) is 7.04. The molecule has 0 N–H and O–H groups in total. The molecule has 1 aliphatic rings. The molecule has 1 aliphatic heterocycles. The van der Waals surface area contributed by atoms with Crippen molar-refractivity contribution in [2.24, 2.45) is 0 Å². The molecule has 92 valence electrons. The van der Waals surface area contributed by atoms with Gasteiger partial charge in [0.15, 0.2) is 5.78 Å². The topological polar surface area (TPSA) is 26.3 Å². The van der Waals surface area contributed by atoms with E-state index in [9.17, 15) is 4.79 Å². The fourth-order valence-electron chi connectivity index (χ4n) is 2.31. The van der Waals surface area contributed by atoms with Gasteiger partial charge in [-0.2, -0.15) is 11.3 Å². The lowest BCUT2D eigenvalue weighted by Crippen LogP contribution is -2.13. The number of hydrogen-bond acceptors (Lipinski definition) is 3. The predicted molar refractivity (Wildman–Crippen MR) is 72.7 cm³/mol. The van der Waals surface area contributed by atoms with Crippen LogP contribution in [0, 0.1) is 6.92 Å². The highest BCUT2D eigenvalue weighted by atomic mass is 32.1. The summed E-state index contributed by atoms with van der Waals surface area (Å²) in [5.74, 6) is 0.867. The Morgan fingerprint density at radius 1 is 1.28 bits per heavy atom. The van der Waals surface area contributed by atoms with E-state index in [1.165, 1.54) is 0 Å². The van der Waals surface area contributed by atoms with E-state index in [1.54, 1.807) is 11.3 Å². The second-order valence-electron chi connectivity index (χ2n) is 4.54. The van der Waals surface area contributed by atoms with Crippen molar-refractivity contribution < 1.29 is 9.53 Å². The smallest absolute Gasteiger partial charge is 0.197 e. The van der Waals surface area contributed by atoms with Gasteiger partial charge < -0.3 is 4.74 Å². The van der Waals surface area contributed by atoms with Crippen molar-refractivity contribution in [1.29, 1.82) is 0 Å². The molecular formula is C15H14O2S. The standard InChI is InChI=1S/C15H14O2S/c1-10-8-18-9-13(10)14(16)12-6-2-4-11-5-3-7-17-15(11)12/h2,4,6,8-9H,3,5,7H2,1H3. The molecule has 2 heterocycles. The van der Waals surface area contributed by atoms with Crippen molar-refractivity contribution in [3.63, 3.8) is 0 Å². The van der Waals surface area contributed by atoms with E-state index in [4.69, 9.17) is 4.74 Å². The summed E-state index contributed by atoms with van der Waals surface area (Å²) in [4.78, 5) is 12.5. The van der Waals surface area contributed by atoms with Gasteiger partial charge in [-0.15, -0.1) is 0 Å². The Bertz CT molecular complexity index is 598. The second kappa shape index (κ2) is 4.58. The Labute approximate surface area is 110 Å². The average Bonchev–Trinajstić information content (AvgIpc) is 2.83. The normalized spacial score (nSPS) is 13.8. The number of aryl methyl sites for hydroxylation is 2. The third-order valence-corrected chi connectivity index (χ3v) is 4.14. The highest BCUT2D eigenvalue weighted by molar-refractivity contribution is 7.08. The Hall–Kier alpha value is -1.61. The third kappa shape index (κ3) is 1.85. The maximum atomic E-state index is 12.5. The van der Waals surface area contributed by atoms with Gasteiger partial charge in [-0.05, 0) is 42.3 Å². The molecular weight excluding hydrogens is 244 g/mol. The monoisotopic (exact) mass is 258 g/mol. The summed E-state index contributed by atoms with van der Waals surface area (Å²) < 4.78 is 5.70. The molecule has 2 nitrogen and oxygen atoms in total. The zero-order valence-corrected chi connectivity index (χ0v) is 11.0. The van der Waals surface area contributed by atoms with Crippen LogP contribution in [0.2, 0.25) is 0 Å². The molecule has 0 bridgehead atoms. The van der Waals surface area contributed by atoms with Crippen LogP contribution >= 0.6 is 11.3 Å². The van der Waals surface area contributed by atoms with E-state index in [1.807, 2.05) is 35.9 Å². The molecule has 0 unspecified atom stereocenters. The molecule has 0 spiro atoms. The zero-order valence-electron chi connectivity index (χ0n) is 10.2. The lowest BCUT2D eigenvalue weighted by Gasteiger charge is -2.19. The highest BCUT2D eigenvalue weighted by Gasteiger charge is 2.21. The number of ketones is 1. The Morgan fingerprint density at radius 3 is 2.94 bits per heavy atom. The number of rotatable bonds is 2. The summed E-state index contributed by atoms with van der Waals surface area (Å²) in [6.45, 7) is 2.68. The Balaban J connectivity index is 2.07. The van der Waals surface area contributed by atoms with Gasteiger partial charge in [-0.1, -0.05) is 12.1 Å². The summed E-state index contributed by atoms with van der Waals surface area (Å²) in [6.07, 6.45) is 2.03. The molecule has 0 saturated carbocycles. The third-order valence-electron chi connectivity index (χ3n) is 3.28. The van der Waals surface area contributed by atoms with Crippen LogP contribution in [0.25, 0.3) is 0 Å². The lowest BCUT2D eigenvalue weighted by atomic mass is 9.97. The number of para-hydroxylation sites is 1. The minimum atomic E-state index is 0.0764. The molecule has 0 aliphatic carbocycles. The van der Waals surface area contributed by atoms with Gasteiger partial charge in [0.05, 0.1) is 12.2 Å². The van der Waals surface area contributed by atoms with Gasteiger partial charge in [0, 0.05) is 10.9 Å². The summed E-state index contributed by atoms with van der Waals surface area (Å²) in [5, 5.41) is 3.92. The number of ether oxygens (including phenoxy) is 1. The lowest BCUT2D eigenvalue weighted by molar-refractivity contribution is 0.103. The van der Waals surface area contributed by atoms with E-state index >= 15 is 0 Å². The predicted octanol–water partition coefficient (Wildman–Crippen LogP) is 3.61. The summed E-state index contributed by atoms with van der Waals surface area (Å²) >= 11 is 1.56. The van der Waals surface area contributed by atoms with E-state index in [0.717, 1.165) is 35.3 Å². The van der Waals surface area contributed by atoms with Gasteiger partial charge in [-0.25, -0.2) is 0 Å². The molecule has 1 aromatic carbocycles. The minimum Gasteiger partial charge on any atom is -0.493 e. The van der Waals surface area contributed by atoms with Crippen LogP contribution in [-0.2, 0) is 6.42 Å². The molecule has 0 atom stereocenters. The van der Waals surface area contributed by atoms with Crippen LogP contribution in [0.1, 0.15) is 33.5 Å². The van der Waals surface area contributed by atoms with Crippen LogP contribution < -0.4 is 4.74 Å². The van der Waals surface area contributed by atoms with Gasteiger partial charge in [0.2, 0.25) is 0 Å². The number of carbonyl (C=O) groups excluding carboxylic acids is 1. The molecule has 0 saturated heterocycles. The van der Waals surface area contributed by atoms with Crippen molar-refractivity contribution in [2.75, 3.05) is 6.61 Å². The molecule has 3 rings (SSSR count). The molecule has 1 aromatic heterocycles. The fourth-order valence-corrected chi connectivity index (χ4v) is 3.13. The number of thiophene rings is 1. The largest absolute Gasteiger partial charge is 0.493 e.